The number of rotatable bonds is 4. The molecule has 0 heterocycles. The van der Waals surface area contributed by atoms with Crippen LogP contribution in [0.1, 0.15) is 28.9 Å². The highest BCUT2D eigenvalue weighted by atomic mass is 19.4. The molecule has 0 fully saturated rings. The maximum absolute atomic E-state index is 12.1. The Balaban J connectivity index is 2.01. The largest absolute Gasteiger partial charge is 0.573 e. The Morgan fingerprint density at radius 3 is 2.18 bits per heavy atom. The Labute approximate surface area is 125 Å². The number of benzene rings is 2. The SMILES string of the molecule is CC(NC(=O)c1ccc(OC(F)(F)F)cc1)c1ccccc1. The first kappa shape index (κ1) is 15.9. The summed E-state index contributed by atoms with van der Waals surface area (Å²) in [7, 11) is 0. The average Bonchev–Trinajstić information content (AvgIpc) is 2.47. The van der Waals surface area contributed by atoms with Crippen molar-refractivity contribution in [2.24, 2.45) is 0 Å². The van der Waals surface area contributed by atoms with Crippen LogP contribution in [0.25, 0.3) is 0 Å². The van der Waals surface area contributed by atoms with Crippen LogP contribution >= 0.6 is 0 Å². The number of hydrogen-bond acceptors (Lipinski definition) is 2. The van der Waals surface area contributed by atoms with E-state index >= 15 is 0 Å². The summed E-state index contributed by atoms with van der Waals surface area (Å²) in [5, 5.41) is 2.78. The molecule has 0 aromatic heterocycles. The first-order chi connectivity index (χ1) is 10.3. The third kappa shape index (κ3) is 4.51. The molecule has 1 unspecified atom stereocenters. The first-order valence-electron chi connectivity index (χ1n) is 6.57. The molecule has 0 saturated carbocycles. The van der Waals surface area contributed by atoms with Gasteiger partial charge in [0.2, 0.25) is 0 Å². The zero-order valence-corrected chi connectivity index (χ0v) is 11.7. The zero-order valence-electron chi connectivity index (χ0n) is 11.7. The van der Waals surface area contributed by atoms with Gasteiger partial charge in [-0.15, -0.1) is 13.2 Å². The molecule has 0 aliphatic carbocycles. The van der Waals surface area contributed by atoms with E-state index in [1.54, 1.807) is 0 Å². The normalized spacial score (nSPS) is 12.5. The second kappa shape index (κ2) is 6.51. The van der Waals surface area contributed by atoms with Gasteiger partial charge in [0.05, 0.1) is 6.04 Å². The number of ether oxygens (including phenoxy) is 1. The summed E-state index contributed by atoms with van der Waals surface area (Å²) in [4.78, 5) is 12.1. The predicted octanol–water partition coefficient (Wildman–Crippen LogP) is 4.08. The monoisotopic (exact) mass is 309 g/mol. The van der Waals surface area contributed by atoms with Crippen molar-refractivity contribution in [3.63, 3.8) is 0 Å². The van der Waals surface area contributed by atoms with E-state index in [0.717, 1.165) is 17.7 Å². The topological polar surface area (TPSA) is 38.3 Å². The van der Waals surface area contributed by atoms with Crippen LogP contribution < -0.4 is 10.1 Å². The molecule has 116 valence electrons. The maximum atomic E-state index is 12.1. The third-order valence-electron chi connectivity index (χ3n) is 3.00. The summed E-state index contributed by atoms with van der Waals surface area (Å²) in [6.45, 7) is 1.83. The Hall–Kier alpha value is -2.50. The molecule has 0 spiro atoms. The molecule has 1 amide bonds. The minimum atomic E-state index is -4.74. The molecule has 2 rings (SSSR count). The van der Waals surface area contributed by atoms with Crippen molar-refractivity contribution in [3.05, 3.63) is 65.7 Å². The highest BCUT2D eigenvalue weighted by molar-refractivity contribution is 5.94. The lowest BCUT2D eigenvalue weighted by Gasteiger charge is -2.14. The van der Waals surface area contributed by atoms with E-state index in [9.17, 15) is 18.0 Å². The van der Waals surface area contributed by atoms with Gasteiger partial charge < -0.3 is 10.1 Å². The van der Waals surface area contributed by atoms with Crippen LogP contribution in [0.5, 0.6) is 5.75 Å². The predicted molar refractivity (Wildman–Crippen MR) is 75.4 cm³/mol. The fourth-order valence-electron chi connectivity index (χ4n) is 1.91. The van der Waals surface area contributed by atoms with Gasteiger partial charge in [-0.2, -0.15) is 0 Å². The molecule has 2 aromatic rings. The van der Waals surface area contributed by atoms with Crippen molar-refractivity contribution in [1.82, 2.24) is 5.32 Å². The standard InChI is InChI=1S/C16H14F3NO2/c1-11(12-5-3-2-4-6-12)20-15(21)13-7-9-14(10-8-13)22-16(17,18)19/h2-11H,1H3,(H,20,21). The number of hydrogen-bond donors (Lipinski definition) is 1. The van der Waals surface area contributed by atoms with Gasteiger partial charge in [0, 0.05) is 5.56 Å². The molecule has 6 heteroatoms. The molecule has 0 radical (unpaired) electrons. The Kier molecular flexibility index (Phi) is 4.70. The minimum absolute atomic E-state index is 0.209. The van der Waals surface area contributed by atoms with E-state index in [2.05, 4.69) is 10.1 Å². The van der Waals surface area contributed by atoms with Gasteiger partial charge in [0.1, 0.15) is 5.75 Å². The lowest BCUT2D eigenvalue weighted by Crippen LogP contribution is -2.26. The molecule has 0 bridgehead atoms. The number of nitrogens with one attached hydrogen (secondary N) is 1. The van der Waals surface area contributed by atoms with Gasteiger partial charge in [0.25, 0.3) is 5.91 Å². The molecule has 0 aliphatic rings. The Morgan fingerprint density at radius 2 is 1.64 bits per heavy atom. The van der Waals surface area contributed by atoms with Crippen molar-refractivity contribution in [3.8, 4) is 5.75 Å². The molecular weight excluding hydrogens is 295 g/mol. The molecular formula is C16H14F3NO2. The van der Waals surface area contributed by atoms with Crippen LogP contribution in [-0.2, 0) is 0 Å². The molecule has 22 heavy (non-hydrogen) atoms. The summed E-state index contributed by atoms with van der Waals surface area (Å²) < 4.78 is 39.9. The number of carbonyl (C=O) groups is 1. The Morgan fingerprint density at radius 1 is 1.05 bits per heavy atom. The van der Waals surface area contributed by atoms with Crippen LogP contribution in [0, 0.1) is 0 Å². The van der Waals surface area contributed by atoms with E-state index in [4.69, 9.17) is 0 Å². The number of carbonyl (C=O) groups excluding carboxylic acids is 1. The third-order valence-corrected chi connectivity index (χ3v) is 3.00. The zero-order chi connectivity index (χ0) is 16.2. The second-order valence-electron chi connectivity index (χ2n) is 4.68. The molecule has 1 atom stereocenters. The van der Waals surface area contributed by atoms with Crippen molar-refractivity contribution < 1.29 is 22.7 Å². The van der Waals surface area contributed by atoms with Crippen LogP contribution in [-0.4, -0.2) is 12.3 Å². The van der Waals surface area contributed by atoms with E-state index < -0.39 is 6.36 Å². The summed E-state index contributed by atoms with van der Waals surface area (Å²) >= 11 is 0. The molecule has 2 aromatic carbocycles. The number of halogens is 3. The van der Waals surface area contributed by atoms with Gasteiger partial charge in [-0.3, -0.25) is 4.79 Å². The van der Waals surface area contributed by atoms with Crippen molar-refractivity contribution in [2.45, 2.75) is 19.3 Å². The Bertz CT molecular complexity index is 624. The summed E-state index contributed by atoms with van der Waals surface area (Å²) in [6.07, 6.45) is -4.74. The van der Waals surface area contributed by atoms with Crippen LogP contribution in [0.4, 0.5) is 13.2 Å². The van der Waals surface area contributed by atoms with Gasteiger partial charge in [-0.25, -0.2) is 0 Å². The highest BCUT2D eigenvalue weighted by Crippen LogP contribution is 2.23. The smallest absolute Gasteiger partial charge is 0.406 e. The molecule has 1 N–H and O–H groups in total. The molecule has 0 saturated heterocycles. The van der Waals surface area contributed by atoms with Gasteiger partial charge >= 0.3 is 6.36 Å². The van der Waals surface area contributed by atoms with E-state index in [0.29, 0.717) is 0 Å². The summed E-state index contributed by atoms with van der Waals surface area (Å²) in [6, 6.07) is 13.9. The molecule has 0 aliphatic heterocycles. The second-order valence-corrected chi connectivity index (χ2v) is 4.68. The van der Waals surface area contributed by atoms with Crippen molar-refractivity contribution >= 4 is 5.91 Å². The summed E-state index contributed by atoms with van der Waals surface area (Å²) in [5.41, 5.74) is 1.20. The lowest BCUT2D eigenvalue weighted by molar-refractivity contribution is -0.274. The van der Waals surface area contributed by atoms with Gasteiger partial charge in [-0.05, 0) is 36.8 Å². The maximum Gasteiger partial charge on any atom is 0.573 e. The number of amides is 1. The van der Waals surface area contributed by atoms with Crippen molar-refractivity contribution in [1.29, 1.82) is 0 Å². The van der Waals surface area contributed by atoms with Crippen LogP contribution in [0.15, 0.2) is 54.6 Å². The summed E-state index contributed by atoms with van der Waals surface area (Å²) in [5.74, 6) is -0.727. The van der Waals surface area contributed by atoms with Gasteiger partial charge in [-0.1, -0.05) is 30.3 Å². The van der Waals surface area contributed by atoms with Crippen LogP contribution in [0.2, 0.25) is 0 Å². The van der Waals surface area contributed by atoms with E-state index in [1.807, 2.05) is 37.3 Å². The lowest BCUT2D eigenvalue weighted by atomic mass is 10.1. The highest BCUT2D eigenvalue weighted by Gasteiger charge is 2.31. The van der Waals surface area contributed by atoms with Crippen LogP contribution in [0.3, 0.4) is 0 Å². The molecule has 3 nitrogen and oxygen atoms in total. The first-order valence-corrected chi connectivity index (χ1v) is 6.57. The number of alkyl halides is 3. The van der Waals surface area contributed by atoms with E-state index in [-0.39, 0.29) is 23.3 Å². The fraction of sp³-hybridized carbons (Fsp3) is 0.188. The quantitative estimate of drug-likeness (QED) is 0.924. The average molecular weight is 309 g/mol. The minimum Gasteiger partial charge on any atom is -0.406 e. The van der Waals surface area contributed by atoms with Crippen molar-refractivity contribution in [2.75, 3.05) is 0 Å². The fourth-order valence-corrected chi connectivity index (χ4v) is 1.91. The van der Waals surface area contributed by atoms with E-state index in [1.165, 1.54) is 12.1 Å². The van der Waals surface area contributed by atoms with Gasteiger partial charge in [0.15, 0.2) is 0 Å².